The zero-order valence-corrected chi connectivity index (χ0v) is 8.83. The Morgan fingerprint density at radius 2 is 2.41 bits per heavy atom. The van der Waals surface area contributed by atoms with E-state index in [-0.39, 0.29) is 24.6 Å². The van der Waals surface area contributed by atoms with Gasteiger partial charge < -0.3 is 10.0 Å². The van der Waals surface area contributed by atoms with Gasteiger partial charge in [-0.1, -0.05) is 0 Å². The maximum Gasteiger partial charge on any atom is 0.308 e. The van der Waals surface area contributed by atoms with E-state index in [4.69, 9.17) is 10.4 Å². The van der Waals surface area contributed by atoms with Gasteiger partial charge >= 0.3 is 5.97 Å². The quantitative estimate of drug-likeness (QED) is 0.794. The van der Waals surface area contributed by atoms with E-state index in [1.165, 1.54) is 17.2 Å². The molecule has 2 heterocycles. The first kappa shape index (κ1) is 11.1. The van der Waals surface area contributed by atoms with Crippen LogP contribution in [-0.4, -0.2) is 28.5 Å². The van der Waals surface area contributed by atoms with Crippen molar-refractivity contribution in [1.29, 1.82) is 5.26 Å². The number of nitriles is 1. The molecule has 1 saturated heterocycles. The van der Waals surface area contributed by atoms with E-state index in [0.29, 0.717) is 5.69 Å². The number of carbonyl (C=O) groups excluding carboxylic acids is 1. The van der Waals surface area contributed by atoms with Crippen molar-refractivity contribution in [1.82, 2.24) is 4.98 Å². The lowest BCUT2D eigenvalue weighted by molar-refractivity contribution is -0.141. The lowest BCUT2D eigenvalue weighted by Crippen LogP contribution is -2.25. The number of pyridine rings is 1. The molecule has 6 nitrogen and oxygen atoms in total. The van der Waals surface area contributed by atoms with Gasteiger partial charge in [0, 0.05) is 24.8 Å². The van der Waals surface area contributed by atoms with Crippen molar-refractivity contribution in [3.63, 3.8) is 0 Å². The summed E-state index contributed by atoms with van der Waals surface area (Å²) in [6.07, 6.45) is 1.43. The third kappa shape index (κ3) is 2.08. The number of hydrogen-bond acceptors (Lipinski definition) is 4. The molecular formula is C11H9N3O3. The summed E-state index contributed by atoms with van der Waals surface area (Å²) >= 11 is 0. The molecule has 0 spiro atoms. The molecular weight excluding hydrogens is 222 g/mol. The van der Waals surface area contributed by atoms with Gasteiger partial charge in [-0.2, -0.15) is 5.26 Å². The molecule has 6 heteroatoms. The minimum absolute atomic E-state index is 0.000453. The van der Waals surface area contributed by atoms with Crippen LogP contribution in [0.15, 0.2) is 18.3 Å². The van der Waals surface area contributed by atoms with E-state index in [1.54, 1.807) is 6.07 Å². The van der Waals surface area contributed by atoms with E-state index in [0.717, 1.165) is 0 Å². The highest BCUT2D eigenvalue weighted by molar-refractivity contribution is 5.99. The van der Waals surface area contributed by atoms with Gasteiger partial charge in [-0.05, 0) is 12.1 Å². The van der Waals surface area contributed by atoms with E-state index in [1.807, 2.05) is 6.07 Å². The summed E-state index contributed by atoms with van der Waals surface area (Å²) in [7, 11) is 0. The molecule has 17 heavy (non-hydrogen) atoms. The smallest absolute Gasteiger partial charge is 0.308 e. The van der Waals surface area contributed by atoms with Gasteiger partial charge in [0.05, 0.1) is 5.92 Å². The molecule has 1 atom stereocenters. The second-order valence-electron chi connectivity index (χ2n) is 3.75. The first-order valence-corrected chi connectivity index (χ1v) is 5.01. The highest BCUT2D eigenvalue weighted by Gasteiger charge is 2.35. The molecule has 1 fully saturated rings. The molecule has 1 unspecified atom stereocenters. The average Bonchev–Trinajstić information content (AvgIpc) is 2.72. The number of amides is 1. The number of carboxylic acids is 1. The van der Waals surface area contributed by atoms with Crippen LogP contribution in [0.5, 0.6) is 0 Å². The maximum atomic E-state index is 11.6. The van der Waals surface area contributed by atoms with Crippen LogP contribution >= 0.6 is 0 Å². The molecule has 86 valence electrons. The summed E-state index contributed by atoms with van der Waals surface area (Å²) in [5.74, 6) is -1.90. The van der Waals surface area contributed by atoms with E-state index >= 15 is 0 Å². The van der Waals surface area contributed by atoms with Gasteiger partial charge in [0.25, 0.3) is 0 Å². The number of anilines is 1. The second-order valence-corrected chi connectivity index (χ2v) is 3.75. The third-order valence-electron chi connectivity index (χ3n) is 2.64. The average molecular weight is 231 g/mol. The monoisotopic (exact) mass is 231 g/mol. The summed E-state index contributed by atoms with van der Waals surface area (Å²) in [6, 6.07) is 4.93. The predicted molar refractivity (Wildman–Crippen MR) is 57.0 cm³/mol. The molecule has 1 aromatic rings. The Bertz CT molecular complexity index is 521. The first-order valence-electron chi connectivity index (χ1n) is 5.01. The van der Waals surface area contributed by atoms with Gasteiger partial charge in [-0.25, -0.2) is 4.98 Å². The Labute approximate surface area is 97.1 Å². The number of aromatic nitrogens is 1. The van der Waals surface area contributed by atoms with Crippen molar-refractivity contribution in [2.75, 3.05) is 11.4 Å². The van der Waals surface area contributed by atoms with Gasteiger partial charge in [-0.15, -0.1) is 0 Å². The van der Waals surface area contributed by atoms with Crippen LogP contribution in [0.25, 0.3) is 0 Å². The van der Waals surface area contributed by atoms with Crippen molar-refractivity contribution in [3.8, 4) is 6.07 Å². The Morgan fingerprint density at radius 3 is 3.00 bits per heavy atom. The summed E-state index contributed by atoms with van der Waals surface area (Å²) in [5.41, 5.74) is 0.722. The zero-order chi connectivity index (χ0) is 12.4. The predicted octanol–water partition coefficient (Wildman–Crippen LogP) is 0.391. The Balaban J connectivity index is 2.26. The Morgan fingerprint density at radius 1 is 1.65 bits per heavy atom. The molecule has 2 rings (SSSR count). The highest BCUT2D eigenvalue weighted by atomic mass is 16.4. The minimum Gasteiger partial charge on any atom is -0.481 e. The highest BCUT2D eigenvalue weighted by Crippen LogP contribution is 2.25. The van der Waals surface area contributed by atoms with Gasteiger partial charge in [-0.3, -0.25) is 9.59 Å². The van der Waals surface area contributed by atoms with Crippen LogP contribution in [0.3, 0.4) is 0 Å². The molecule has 0 saturated carbocycles. The number of nitrogens with zero attached hydrogens (tertiary/aromatic N) is 3. The number of aliphatic carboxylic acids is 1. The van der Waals surface area contributed by atoms with Crippen molar-refractivity contribution >= 4 is 17.6 Å². The number of hydrogen-bond donors (Lipinski definition) is 1. The fourth-order valence-corrected chi connectivity index (χ4v) is 1.77. The molecule has 0 bridgehead atoms. The summed E-state index contributed by atoms with van der Waals surface area (Å²) in [4.78, 5) is 27.6. The fourth-order valence-electron chi connectivity index (χ4n) is 1.77. The normalized spacial score (nSPS) is 19.1. The van der Waals surface area contributed by atoms with Crippen molar-refractivity contribution < 1.29 is 14.7 Å². The first-order chi connectivity index (χ1) is 8.11. The van der Waals surface area contributed by atoms with Crippen LogP contribution in [0.4, 0.5) is 5.69 Å². The van der Waals surface area contributed by atoms with E-state index < -0.39 is 11.9 Å². The molecule has 1 aliphatic rings. The van der Waals surface area contributed by atoms with Crippen molar-refractivity contribution in [2.45, 2.75) is 6.42 Å². The molecule has 1 amide bonds. The van der Waals surface area contributed by atoms with Gasteiger partial charge in [0.1, 0.15) is 11.8 Å². The van der Waals surface area contributed by atoms with Crippen LogP contribution in [0, 0.1) is 17.2 Å². The lowest BCUT2D eigenvalue weighted by Gasteiger charge is -2.15. The third-order valence-corrected chi connectivity index (χ3v) is 2.64. The fraction of sp³-hybridized carbons (Fsp3) is 0.273. The summed E-state index contributed by atoms with van der Waals surface area (Å²) in [6.45, 7) is 0.142. The van der Waals surface area contributed by atoms with Crippen LogP contribution in [0.1, 0.15) is 12.1 Å². The molecule has 1 aromatic heterocycles. The molecule has 1 N–H and O–H groups in total. The largest absolute Gasteiger partial charge is 0.481 e. The van der Waals surface area contributed by atoms with Gasteiger partial charge in [0.15, 0.2) is 0 Å². The van der Waals surface area contributed by atoms with Crippen molar-refractivity contribution in [3.05, 3.63) is 24.0 Å². The zero-order valence-electron chi connectivity index (χ0n) is 8.83. The van der Waals surface area contributed by atoms with Crippen LogP contribution in [0.2, 0.25) is 0 Å². The molecule has 1 aliphatic heterocycles. The summed E-state index contributed by atoms with van der Waals surface area (Å²) in [5, 5.41) is 17.6. The van der Waals surface area contributed by atoms with Crippen LogP contribution in [-0.2, 0) is 9.59 Å². The Hall–Kier alpha value is -2.42. The number of rotatable bonds is 2. The molecule has 0 radical (unpaired) electrons. The topological polar surface area (TPSA) is 94.3 Å². The number of carboxylic acid groups (broad SMARTS) is 1. The SMILES string of the molecule is N#Cc1cc(N2CC(C(=O)O)CC2=O)ccn1. The van der Waals surface area contributed by atoms with E-state index in [9.17, 15) is 9.59 Å². The van der Waals surface area contributed by atoms with Gasteiger partial charge in [0.2, 0.25) is 5.91 Å². The van der Waals surface area contributed by atoms with Crippen LogP contribution < -0.4 is 4.90 Å². The summed E-state index contributed by atoms with van der Waals surface area (Å²) < 4.78 is 0. The minimum atomic E-state index is -0.976. The molecule has 0 aliphatic carbocycles. The Kier molecular flexibility index (Phi) is 2.75. The number of carbonyl (C=O) groups is 2. The maximum absolute atomic E-state index is 11.6. The lowest BCUT2D eigenvalue weighted by atomic mass is 10.1. The molecule has 0 aromatic carbocycles. The van der Waals surface area contributed by atoms with E-state index in [2.05, 4.69) is 4.98 Å². The standard InChI is InChI=1S/C11H9N3O3/c12-5-8-4-9(1-2-13-8)14-6-7(11(16)17)3-10(14)15/h1-2,4,7H,3,6H2,(H,16,17). The van der Waals surface area contributed by atoms with Crippen molar-refractivity contribution in [2.24, 2.45) is 5.92 Å². The second kappa shape index (κ2) is 4.22.